The molecule has 0 saturated heterocycles. The molecule has 148 valence electrons. The number of nitrogens with zero attached hydrogens (tertiary/aromatic N) is 1. The monoisotopic (exact) mass is 523 g/mol. The molecular formula is C21H23Br2N3OS. The summed E-state index contributed by atoms with van der Waals surface area (Å²) in [6, 6.07) is 11.8. The number of rotatable bonds is 8. The van der Waals surface area contributed by atoms with Crippen molar-refractivity contribution < 1.29 is 4.79 Å². The Kier molecular flexibility index (Phi) is 6.98. The molecule has 1 aromatic carbocycles. The minimum atomic E-state index is -0.532. The second-order valence-corrected chi connectivity index (χ2v) is 10.5. The largest absolute Gasteiger partial charge is 0.343 e. The molecule has 2 atom stereocenters. The van der Waals surface area contributed by atoms with Crippen molar-refractivity contribution in [3.63, 3.8) is 0 Å². The zero-order chi connectivity index (χ0) is 20.3. The summed E-state index contributed by atoms with van der Waals surface area (Å²) in [4.78, 5) is 14.3. The average Bonchev–Trinajstić information content (AvgIpc) is 3.30. The van der Waals surface area contributed by atoms with Crippen LogP contribution in [0.15, 0.2) is 44.7 Å². The molecule has 0 bridgehead atoms. The van der Waals surface area contributed by atoms with Gasteiger partial charge in [-0.15, -0.1) is 11.3 Å². The number of carbonyl (C=O) groups excluding carboxylic acids is 1. The lowest BCUT2D eigenvalue weighted by Gasteiger charge is -2.26. The molecule has 2 N–H and O–H groups in total. The molecule has 4 nitrogen and oxygen atoms in total. The maximum atomic E-state index is 13.2. The molecule has 1 aliphatic rings. The molecule has 1 aliphatic carbocycles. The first-order valence-electron chi connectivity index (χ1n) is 9.30. The number of carbonyl (C=O) groups is 1. The van der Waals surface area contributed by atoms with Crippen LogP contribution < -0.4 is 10.6 Å². The van der Waals surface area contributed by atoms with Crippen molar-refractivity contribution in [1.29, 1.82) is 5.26 Å². The van der Waals surface area contributed by atoms with Gasteiger partial charge in [0.25, 0.3) is 0 Å². The lowest BCUT2D eigenvalue weighted by molar-refractivity contribution is -0.124. The molecular weight excluding hydrogens is 502 g/mol. The standard InChI is InChI=1S/C21H23Br2N3OS/c1-13(2)9-17(26-21(12-24)7-8-21)20(27)25-19(18-10-16(23)11-28-18)14-3-5-15(22)6-4-14/h3-6,10-11,13,17,19,26H,7-9H2,1-2H3,(H,25,27)/t17-,19-/m0/s1. The molecule has 7 heteroatoms. The molecule has 0 unspecified atom stereocenters. The van der Waals surface area contributed by atoms with Gasteiger partial charge in [0.1, 0.15) is 5.54 Å². The van der Waals surface area contributed by atoms with Crippen LogP contribution in [0.3, 0.4) is 0 Å². The first-order valence-corrected chi connectivity index (χ1v) is 11.8. The van der Waals surface area contributed by atoms with Gasteiger partial charge in [-0.25, -0.2) is 0 Å². The van der Waals surface area contributed by atoms with E-state index in [1.807, 2.05) is 35.7 Å². The van der Waals surface area contributed by atoms with Gasteiger partial charge in [-0.3, -0.25) is 10.1 Å². The predicted molar refractivity (Wildman–Crippen MR) is 120 cm³/mol. The third-order valence-corrected chi connectivity index (χ3v) is 7.09. The molecule has 1 aromatic heterocycles. The van der Waals surface area contributed by atoms with Crippen LogP contribution in [-0.4, -0.2) is 17.5 Å². The Labute approximate surface area is 187 Å². The molecule has 1 amide bonds. The quantitative estimate of drug-likeness (QED) is 0.476. The molecule has 28 heavy (non-hydrogen) atoms. The summed E-state index contributed by atoms with van der Waals surface area (Å²) in [5, 5.41) is 18.0. The summed E-state index contributed by atoms with van der Waals surface area (Å²) in [5.74, 6) is 0.285. The van der Waals surface area contributed by atoms with Gasteiger partial charge in [0.15, 0.2) is 0 Å². The minimum Gasteiger partial charge on any atom is -0.343 e. The van der Waals surface area contributed by atoms with Gasteiger partial charge in [-0.05, 0) is 64.9 Å². The summed E-state index contributed by atoms with van der Waals surface area (Å²) in [6.45, 7) is 4.19. The van der Waals surface area contributed by atoms with E-state index in [0.29, 0.717) is 12.3 Å². The normalized spacial score (nSPS) is 17.0. The second kappa shape index (κ2) is 9.08. The molecule has 0 aliphatic heterocycles. The zero-order valence-corrected chi connectivity index (χ0v) is 19.8. The van der Waals surface area contributed by atoms with Gasteiger partial charge >= 0.3 is 0 Å². The van der Waals surface area contributed by atoms with Crippen LogP contribution >= 0.6 is 43.2 Å². The Bertz CT molecular complexity index is 869. The van der Waals surface area contributed by atoms with E-state index in [2.05, 4.69) is 62.4 Å². The summed E-state index contributed by atoms with van der Waals surface area (Å²) in [5.41, 5.74) is 0.492. The average molecular weight is 525 g/mol. The summed E-state index contributed by atoms with van der Waals surface area (Å²) < 4.78 is 2.00. The predicted octanol–water partition coefficient (Wildman–Crippen LogP) is 5.54. The first-order chi connectivity index (χ1) is 13.3. The van der Waals surface area contributed by atoms with E-state index in [9.17, 15) is 10.1 Å². The highest BCUT2D eigenvalue weighted by Gasteiger charge is 2.46. The molecule has 1 heterocycles. The van der Waals surface area contributed by atoms with Crippen molar-refractivity contribution in [2.24, 2.45) is 5.92 Å². The number of thiophene rings is 1. The van der Waals surface area contributed by atoms with Crippen LogP contribution in [0.1, 0.15) is 49.6 Å². The number of hydrogen-bond acceptors (Lipinski definition) is 4. The van der Waals surface area contributed by atoms with Gasteiger partial charge in [-0.1, -0.05) is 41.9 Å². The molecule has 2 aromatic rings. The third-order valence-electron chi connectivity index (χ3n) is 4.80. The number of nitriles is 1. The van der Waals surface area contributed by atoms with Gasteiger partial charge in [0.05, 0.1) is 18.2 Å². The second-order valence-electron chi connectivity index (χ2n) is 7.68. The van der Waals surface area contributed by atoms with Crippen LogP contribution in [-0.2, 0) is 4.79 Å². The lowest BCUT2D eigenvalue weighted by atomic mass is 10.00. The lowest BCUT2D eigenvalue weighted by Crippen LogP contribution is -2.50. The van der Waals surface area contributed by atoms with E-state index in [0.717, 1.165) is 32.2 Å². The number of benzene rings is 1. The summed E-state index contributed by atoms with van der Waals surface area (Å²) >= 11 is 8.59. The molecule has 1 saturated carbocycles. The van der Waals surface area contributed by atoms with E-state index in [-0.39, 0.29) is 18.0 Å². The van der Waals surface area contributed by atoms with E-state index in [1.165, 1.54) is 0 Å². The fourth-order valence-corrected chi connectivity index (χ4v) is 4.93. The minimum absolute atomic E-state index is 0.0623. The van der Waals surface area contributed by atoms with Crippen LogP contribution in [0.25, 0.3) is 0 Å². The molecule has 1 fully saturated rings. The highest BCUT2D eigenvalue weighted by molar-refractivity contribution is 9.10. The van der Waals surface area contributed by atoms with Crippen molar-refractivity contribution in [2.45, 2.75) is 50.7 Å². The van der Waals surface area contributed by atoms with E-state index < -0.39 is 5.54 Å². The Morgan fingerprint density at radius 3 is 2.43 bits per heavy atom. The maximum absolute atomic E-state index is 13.2. The van der Waals surface area contributed by atoms with Crippen molar-refractivity contribution in [2.75, 3.05) is 0 Å². The smallest absolute Gasteiger partial charge is 0.237 e. The van der Waals surface area contributed by atoms with Crippen LogP contribution in [0.2, 0.25) is 0 Å². The Hall–Kier alpha value is -1.20. The Morgan fingerprint density at radius 1 is 1.25 bits per heavy atom. The number of hydrogen-bond donors (Lipinski definition) is 2. The highest BCUT2D eigenvalue weighted by Crippen LogP contribution is 2.36. The van der Waals surface area contributed by atoms with Crippen molar-refractivity contribution in [3.8, 4) is 6.07 Å². The van der Waals surface area contributed by atoms with E-state index in [4.69, 9.17) is 0 Å². The third kappa shape index (κ3) is 5.44. The Balaban J connectivity index is 1.84. The topological polar surface area (TPSA) is 64.9 Å². The van der Waals surface area contributed by atoms with Crippen molar-refractivity contribution in [1.82, 2.24) is 10.6 Å². The summed E-state index contributed by atoms with van der Waals surface area (Å²) in [7, 11) is 0. The highest BCUT2D eigenvalue weighted by atomic mass is 79.9. The van der Waals surface area contributed by atoms with Gasteiger partial charge in [0.2, 0.25) is 5.91 Å². The fraction of sp³-hybridized carbons (Fsp3) is 0.429. The Morgan fingerprint density at radius 2 is 1.93 bits per heavy atom. The van der Waals surface area contributed by atoms with Crippen molar-refractivity contribution in [3.05, 3.63) is 55.1 Å². The maximum Gasteiger partial charge on any atom is 0.237 e. The molecule has 3 rings (SSSR count). The zero-order valence-electron chi connectivity index (χ0n) is 15.8. The van der Waals surface area contributed by atoms with Gasteiger partial charge in [-0.2, -0.15) is 5.26 Å². The van der Waals surface area contributed by atoms with Crippen LogP contribution in [0.4, 0.5) is 0 Å². The molecule has 0 spiro atoms. The van der Waals surface area contributed by atoms with Crippen LogP contribution in [0, 0.1) is 17.2 Å². The number of nitrogens with one attached hydrogen (secondary N) is 2. The van der Waals surface area contributed by atoms with Crippen molar-refractivity contribution >= 4 is 49.1 Å². The SMILES string of the molecule is CC(C)C[C@H](NC1(C#N)CC1)C(=O)N[C@@H](c1ccc(Br)cc1)c1cc(Br)cs1. The van der Waals surface area contributed by atoms with Gasteiger partial charge < -0.3 is 5.32 Å². The first kappa shape index (κ1) is 21.5. The van der Waals surface area contributed by atoms with E-state index in [1.54, 1.807) is 11.3 Å². The summed E-state index contributed by atoms with van der Waals surface area (Å²) in [6.07, 6.45) is 2.30. The number of amides is 1. The van der Waals surface area contributed by atoms with Crippen LogP contribution in [0.5, 0.6) is 0 Å². The number of halogens is 2. The molecule has 0 radical (unpaired) electrons. The van der Waals surface area contributed by atoms with E-state index >= 15 is 0 Å². The fourth-order valence-electron chi connectivity index (χ4n) is 3.15. The van der Waals surface area contributed by atoms with Gasteiger partial charge in [0, 0.05) is 19.2 Å².